The van der Waals surface area contributed by atoms with Crippen molar-refractivity contribution in [3.63, 3.8) is 0 Å². The number of fused-ring (bicyclic) bond motifs is 3. The van der Waals surface area contributed by atoms with Crippen LogP contribution in [0.25, 0.3) is 21.8 Å². The zero-order valence-corrected chi connectivity index (χ0v) is 9.40. The topological polar surface area (TPSA) is 53.1 Å². The van der Waals surface area contributed by atoms with Gasteiger partial charge in [0.25, 0.3) is 0 Å². The van der Waals surface area contributed by atoms with Crippen molar-refractivity contribution in [3.8, 4) is 0 Å². The highest BCUT2D eigenvalue weighted by atomic mass is 19.1. The average molecular weight is 243 g/mol. The molecule has 0 amide bonds. The molecule has 90 valence electrons. The van der Waals surface area contributed by atoms with Crippen LogP contribution in [0.4, 0.5) is 4.39 Å². The molecule has 0 unspecified atom stereocenters. The number of hydrogen-bond acceptors (Lipinski definition) is 1. The highest BCUT2D eigenvalue weighted by Gasteiger charge is 2.10. The van der Waals surface area contributed by atoms with Crippen molar-refractivity contribution in [2.45, 2.75) is 6.42 Å². The van der Waals surface area contributed by atoms with Gasteiger partial charge in [-0.1, -0.05) is 18.2 Å². The first kappa shape index (κ1) is 10.8. The second-order valence-corrected chi connectivity index (χ2v) is 4.23. The van der Waals surface area contributed by atoms with Gasteiger partial charge in [-0.3, -0.25) is 4.79 Å². The standard InChI is InChI=1S/C14H10FNO2/c15-9-4-5-12-11(7-9)10-3-1-2-8(6-13(17)18)14(10)16-12/h1-5,7,16H,6H2,(H,17,18). The van der Waals surface area contributed by atoms with E-state index in [4.69, 9.17) is 5.11 Å². The Morgan fingerprint density at radius 2 is 2.06 bits per heavy atom. The summed E-state index contributed by atoms with van der Waals surface area (Å²) in [6, 6.07) is 9.92. The Morgan fingerprint density at radius 1 is 1.22 bits per heavy atom. The number of halogens is 1. The van der Waals surface area contributed by atoms with Crippen molar-refractivity contribution in [3.05, 3.63) is 47.8 Å². The third-order valence-corrected chi connectivity index (χ3v) is 3.02. The molecule has 4 heteroatoms. The number of aromatic nitrogens is 1. The van der Waals surface area contributed by atoms with Crippen LogP contribution in [0.15, 0.2) is 36.4 Å². The summed E-state index contributed by atoms with van der Waals surface area (Å²) in [4.78, 5) is 14.0. The van der Waals surface area contributed by atoms with E-state index in [1.807, 2.05) is 6.07 Å². The maximum absolute atomic E-state index is 13.2. The molecule has 18 heavy (non-hydrogen) atoms. The zero-order chi connectivity index (χ0) is 12.7. The molecule has 2 aromatic carbocycles. The van der Waals surface area contributed by atoms with Gasteiger partial charge in [0.2, 0.25) is 0 Å². The van der Waals surface area contributed by atoms with Crippen molar-refractivity contribution >= 4 is 27.8 Å². The molecule has 3 rings (SSSR count). The number of H-pyrrole nitrogens is 1. The third kappa shape index (κ3) is 1.62. The summed E-state index contributed by atoms with van der Waals surface area (Å²) in [6.45, 7) is 0. The summed E-state index contributed by atoms with van der Waals surface area (Å²) in [6.07, 6.45) is -0.0490. The summed E-state index contributed by atoms with van der Waals surface area (Å²) in [5.41, 5.74) is 2.28. The van der Waals surface area contributed by atoms with Gasteiger partial charge < -0.3 is 10.1 Å². The molecule has 2 N–H and O–H groups in total. The number of aromatic amines is 1. The SMILES string of the molecule is O=C(O)Cc1cccc2c1[nH]c1ccc(F)cc12. The van der Waals surface area contributed by atoms with Crippen LogP contribution < -0.4 is 0 Å². The van der Waals surface area contributed by atoms with Gasteiger partial charge in [0.1, 0.15) is 5.82 Å². The number of para-hydroxylation sites is 1. The van der Waals surface area contributed by atoms with E-state index < -0.39 is 5.97 Å². The van der Waals surface area contributed by atoms with E-state index in [1.54, 1.807) is 18.2 Å². The zero-order valence-electron chi connectivity index (χ0n) is 9.40. The maximum Gasteiger partial charge on any atom is 0.307 e. The molecule has 3 aromatic rings. The Hall–Kier alpha value is -2.36. The van der Waals surface area contributed by atoms with Crippen LogP contribution in [-0.4, -0.2) is 16.1 Å². The van der Waals surface area contributed by atoms with Crippen molar-refractivity contribution in [1.82, 2.24) is 4.98 Å². The molecule has 0 radical (unpaired) electrons. The molecular weight excluding hydrogens is 233 g/mol. The molecule has 0 saturated carbocycles. The van der Waals surface area contributed by atoms with E-state index in [9.17, 15) is 9.18 Å². The fraction of sp³-hybridized carbons (Fsp3) is 0.0714. The van der Waals surface area contributed by atoms with Gasteiger partial charge >= 0.3 is 5.97 Å². The molecule has 0 aliphatic carbocycles. The van der Waals surface area contributed by atoms with Gasteiger partial charge in [-0.15, -0.1) is 0 Å². The number of rotatable bonds is 2. The Balaban J connectivity index is 2.35. The Kier molecular flexibility index (Phi) is 2.30. The smallest absolute Gasteiger partial charge is 0.307 e. The summed E-state index contributed by atoms with van der Waals surface area (Å²) >= 11 is 0. The Labute approximate surface area is 102 Å². The molecule has 0 fully saturated rings. The van der Waals surface area contributed by atoms with Gasteiger partial charge in [0, 0.05) is 16.3 Å². The largest absolute Gasteiger partial charge is 0.481 e. The predicted molar refractivity (Wildman–Crippen MR) is 67.1 cm³/mol. The fourth-order valence-corrected chi connectivity index (χ4v) is 2.27. The van der Waals surface area contributed by atoms with E-state index in [0.717, 1.165) is 21.8 Å². The van der Waals surface area contributed by atoms with Crippen LogP contribution in [0.3, 0.4) is 0 Å². The Morgan fingerprint density at radius 3 is 2.83 bits per heavy atom. The van der Waals surface area contributed by atoms with E-state index in [-0.39, 0.29) is 12.2 Å². The number of aliphatic carboxylic acids is 1. The van der Waals surface area contributed by atoms with Crippen LogP contribution in [0.5, 0.6) is 0 Å². The second kappa shape index (κ2) is 3.84. The lowest BCUT2D eigenvalue weighted by Crippen LogP contribution is -2.00. The van der Waals surface area contributed by atoms with E-state index >= 15 is 0 Å². The molecule has 1 aromatic heterocycles. The first-order valence-electron chi connectivity index (χ1n) is 5.56. The Bertz CT molecular complexity index is 761. The van der Waals surface area contributed by atoms with Gasteiger partial charge in [-0.2, -0.15) is 0 Å². The van der Waals surface area contributed by atoms with Crippen LogP contribution >= 0.6 is 0 Å². The van der Waals surface area contributed by atoms with Gasteiger partial charge in [0.05, 0.1) is 11.9 Å². The normalized spacial score (nSPS) is 11.2. The summed E-state index contributed by atoms with van der Waals surface area (Å²) in [7, 11) is 0. The molecule has 3 nitrogen and oxygen atoms in total. The summed E-state index contributed by atoms with van der Waals surface area (Å²) < 4.78 is 13.2. The minimum Gasteiger partial charge on any atom is -0.481 e. The highest BCUT2D eigenvalue weighted by molar-refractivity contribution is 6.08. The first-order valence-corrected chi connectivity index (χ1v) is 5.56. The van der Waals surface area contributed by atoms with Gasteiger partial charge in [-0.05, 0) is 23.8 Å². The molecular formula is C14H10FNO2. The average Bonchev–Trinajstić information content (AvgIpc) is 2.68. The number of carbonyl (C=O) groups is 1. The van der Waals surface area contributed by atoms with E-state index in [2.05, 4.69) is 4.98 Å². The lowest BCUT2D eigenvalue weighted by atomic mass is 10.1. The number of carboxylic acids is 1. The maximum atomic E-state index is 13.2. The molecule has 0 saturated heterocycles. The highest BCUT2D eigenvalue weighted by Crippen LogP contribution is 2.28. The van der Waals surface area contributed by atoms with Gasteiger partial charge in [0.15, 0.2) is 0 Å². The van der Waals surface area contributed by atoms with Crippen LogP contribution in [0.1, 0.15) is 5.56 Å². The molecule has 0 atom stereocenters. The van der Waals surface area contributed by atoms with E-state index in [0.29, 0.717) is 5.56 Å². The summed E-state index contributed by atoms with van der Waals surface area (Å²) in [5.74, 6) is -1.18. The molecule has 0 bridgehead atoms. The number of hydrogen-bond donors (Lipinski definition) is 2. The van der Waals surface area contributed by atoms with Crippen LogP contribution in [0.2, 0.25) is 0 Å². The van der Waals surface area contributed by atoms with Gasteiger partial charge in [-0.25, -0.2) is 4.39 Å². The minimum absolute atomic E-state index is 0.0490. The lowest BCUT2D eigenvalue weighted by molar-refractivity contribution is -0.136. The van der Waals surface area contributed by atoms with Crippen molar-refractivity contribution < 1.29 is 14.3 Å². The monoisotopic (exact) mass is 243 g/mol. The van der Waals surface area contributed by atoms with Crippen LogP contribution in [0, 0.1) is 5.82 Å². The lowest BCUT2D eigenvalue weighted by Gasteiger charge is -1.99. The molecule has 0 aliphatic heterocycles. The minimum atomic E-state index is -0.882. The van der Waals surface area contributed by atoms with E-state index in [1.165, 1.54) is 12.1 Å². The quantitative estimate of drug-likeness (QED) is 0.726. The number of benzene rings is 2. The number of carboxylic acid groups (broad SMARTS) is 1. The summed E-state index contributed by atoms with van der Waals surface area (Å²) in [5, 5.41) is 10.5. The second-order valence-electron chi connectivity index (χ2n) is 4.23. The predicted octanol–water partition coefficient (Wildman–Crippen LogP) is 3.09. The van der Waals surface area contributed by atoms with Crippen molar-refractivity contribution in [2.75, 3.05) is 0 Å². The molecule has 1 heterocycles. The van der Waals surface area contributed by atoms with Crippen molar-refractivity contribution in [2.24, 2.45) is 0 Å². The fourth-order valence-electron chi connectivity index (χ4n) is 2.27. The first-order chi connectivity index (χ1) is 8.65. The molecule has 0 spiro atoms. The van der Waals surface area contributed by atoms with Crippen molar-refractivity contribution in [1.29, 1.82) is 0 Å². The van der Waals surface area contributed by atoms with Crippen LogP contribution in [-0.2, 0) is 11.2 Å². The molecule has 0 aliphatic rings. The third-order valence-electron chi connectivity index (χ3n) is 3.02. The number of nitrogens with one attached hydrogen (secondary N) is 1.